The van der Waals surface area contributed by atoms with Crippen molar-refractivity contribution in [1.82, 2.24) is 0 Å². The Hall–Kier alpha value is 0.240. The number of ether oxygens (including phenoxy) is 1. The van der Waals surface area contributed by atoms with E-state index in [9.17, 15) is 0 Å². The van der Waals surface area contributed by atoms with Crippen molar-refractivity contribution in [2.24, 2.45) is 0 Å². The van der Waals surface area contributed by atoms with Crippen LogP contribution >= 0.6 is 25.3 Å². The van der Waals surface area contributed by atoms with E-state index in [0.717, 1.165) is 0 Å². The van der Waals surface area contributed by atoms with E-state index in [0.29, 0.717) is 6.61 Å². The smallest absolute Gasteiger partial charge is 0.110 e. The molecule has 3 heteroatoms. The topological polar surface area (TPSA) is 9.23 Å². The Balaban J connectivity index is 3.24. The molecule has 0 aromatic carbocycles. The molecule has 0 amide bonds. The average Bonchev–Trinajstić information content (AvgIpc) is 1.59. The fraction of sp³-hybridized carbons (Fsp3) is 0.600. The summed E-state index contributed by atoms with van der Waals surface area (Å²) < 4.78 is 4.46. The summed E-state index contributed by atoms with van der Waals surface area (Å²) in [4.78, 5) is 0. The monoisotopic (exact) mass is 150 g/mol. The van der Waals surface area contributed by atoms with E-state index in [2.05, 4.69) is 31.8 Å². The maximum absolute atomic E-state index is 4.81. The lowest BCUT2D eigenvalue weighted by molar-refractivity contribution is 0.248. The van der Waals surface area contributed by atoms with Crippen LogP contribution in [0, 0.1) is 0 Å². The lowest BCUT2D eigenvalue weighted by Gasteiger charge is -2.13. The summed E-state index contributed by atoms with van der Waals surface area (Å²) >= 11 is 8.16. The Morgan fingerprint density at radius 3 is 2.38 bits per heavy atom. The molecule has 0 aliphatic rings. The molecule has 0 aromatic rings. The fourth-order valence-corrected chi connectivity index (χ4v) is 0.366. The van der Waals surface area contributed by atoms with E-state index in [4.69, 9.17) is 4.74 Å². The van der Waals surface area contributed by atoms with Crippen molar-refractivity contribution in [2.45, 2.75) is 11.0 Å². The van der Waals surface area contributed by atoms with Gasteiger partial charge in [0.25, 0.3) is 0 Å². The van der Waals surface area contributed by atoms with E-state index in [1.165, 1.54) is 6.26 Å². The van der Waals surface area contributed by atoms with Gasteiger partial charge in [-0.1, -0.05) is 6.58 Å². The van der Waals surface area contributed by atoms with E-state index in [1.807, 2.05) is 6.92 Å². The van der Waals surface area contributed by atoms with Gasteiger partial charge < -0.3 is 4.74 Å². The molecule has 0 saturated carbocycles. The van der Waals surface area contributed by atoms with Crippen LogP contribution in [-0.4, -0.2) is 10.7 Å². The summed E-state index contributed by atoms with van der Waals surface area (Å²) in [6.07, 6.45) is 1.38. The van der Waals surface area contributed by atoms with Crippen LogP contribution in [0.1, 0.15) is 6.92 Å². The molecule has 0 bridgehead atoms. The fourth-order valence-electron chi connectivity index (χ4n) is 0.217. The quantitative estimate of drug-likeness (QED) is 0.354. The second-order valence-corrected chi connectivity index (χ2v) is 4.02. The first-order chi connectivity index (χ1) is 3.56. The molecular weight excluding hydrogens is 140 g/mol. The van der Waals surface area contributed by atoms with Gasteiger partial charge >= 0.3 is 0 Å². The summed E-state index contributed by atoms with van der Waals surface area (Å²) in [6, 6.07) is 0. The molecule has 0 N–H and O–H groups in total. The van der Waals surface area contributed by atoms with Crippen molar-refractivity contribution in [3.63, 3.8) is 0 Å². The van der Waals surface area contributed by atoms with Crippen LogP contribution in [0.3, 0.4) is 0 Å². The molecule has 0 atom stereocenters. The van der Waals surface area contributed by atoms with Crippen LogP contribution in [0.5, 0.6) is 0 Å². The normalized spacial score (nSPS) is 10.9. The second kappa shape index (κ2) is 3.30. The zero-order valence-electron chi connectivity index (χ0n) is 4.79. The van der Waals surface area contributed by atoms with Gasteiger partial charge in [-0.15, -0.1) is 0 Å². The summed E-state index contributed by atoms with van der Waals surface area (Å²) in [5.74, 6) is 0. The van der Waals surface area contributed by atoms with Crippen LogP contribution in [0.15, 0.2) is 12.8 Å². The molecule has 1 nitrogen and oxygen atoms in total. The Labute approximate surface area is 60.9 Å². The second-order valence-electron chi connectivity index (χ2n) is 1.69. The summed E-state index contributed by atoms with van der Waals surface area (Å²) in [5, 5.41) is 0. The molecule has 0 heterocycles. The minimum atomic E-state index is -0.353. The molecule has 0 aliphatic carbocycles. The predicted octanol–water partition coefficient (Wildman–Crippen LogP) is 1.72. The predicted molar refractivity (Wildman–Crippen MR) is 42.5 cm³/mol. The first-order valence-corrected chi connectivity index (χ1v) is 3.13. The highest BCUT2D eigenvalue weighted by atomic mass is 32.2. The van der Waals surface area contributed by atoms with Crippen molar-refractivity contribution in [3.05, 3.63) is 12.8 Å². The Kier molecular flexibility index (Phi) is 3.40. The number of thiol groups is 2. The van der Waals surface area contributed by atoms with E-state index >= 15 is 0 Å². The molecule has 0 rings (SSSR count). The standard InChI is InChI=1S/C5H10OS2/c1-3-6-4-5(2,7)8/h3,7-8H,1,4H2,2H3. The minimum absolute atomic E-state index is 0.353. The van der Waals surface area contributed by atoms with Crippen LogP contribution < -0.4 is 0 Å². The highest BCUT2D eigenvalue weighted by molar-refractivity contribution is 8.00. The molecule has 0 spiro atoms. The maximum atomic E-state index is 4.81. The van der Waals surface area contributed by atoms with Crippen molar-refractivity contribution in [1.29, 1.82) is 0 Å². The first kappa shape index (κ1) is 8.24. The molecule has 8 heavy (non-hydrogen) atoms. The SMILES string of the molecule is C=COCC(C)(S)S. The molecular formula is C5H10OS2. The molecule has 0 aliphatic heterocycles. The van der Waals surface area contributed by atoms with E-state index in [1.54, 1.807) is 0 Å². The zero-order valence-corrected chi connectivity index (χ0v) is 6.58. The van der Waals surface area contributed by atoms with Crippen molar-refractivity contribution >= 4 is 25.3 Å². The average molecular weight is 150 g/mol. The molecule has 48 valence electrons. The van der Waals surface area contributed by atoms with Gasteiger partial charge in [0.1, 0.15) is 6.61 Å². The molecule has 0 aromatic heterocycles. The van der Waals surface area contributed by atoms with E-state index < -0.39 is 0 Å². The number of hydrogen-bond donors (Lipinski definition) is 2. The molecule has 0 unspecified atom stereocenters. The van der Waals surface area contributed by atoms with Crippen molar-refractivity contribution in [3.8, 4) is 0 Å². The minimum Gasteiger partial charge on any atom is -0.500 e. The van der Waals surface area contributed by atoms with Gasteiger partial charge in [-0.3, -0.25) is 0 Å². The third-order valence-electron chi connectivity index (χ3n) is 0.475. The Bertz CT molecular complexity index is 75.0. The highest BCUT2D eigenvalue weighted by Crippen LogP contribution is 2.17. The maximum Gasteiger partial charge on any atom is 0.110 e. The highest BCUT2D eigenvalue weighted by Gasteiger charge is 2.11. The van der Waals surface area contributed by atoms with E-state index in [-0.39, 0.29) is 4.08 Å². The van der Waals surface area contributed by atoms with Gasteiger partial charge in [0.15, 0.2) is 0 Å². The van der Waals surface area contributed by atoms with Crippen LogP contribution in [-0.2, 0) is 4.74 Å². The van der Waals surface area contributed by atoms with Crippen LogP contribution in [0.25, 0.3) is 0 Å². The number of rotatable bonds is 3. The lowest BCUT2D eigenvalue weighted by Crippen LogP contribution is -2.13. The van der Waals surface area contributed by atoms with Gasteiger partial charge in [-0.05, 0) is 6.92 Å². The van der Waals surface area contributed by atoms with Gasteiger partial charge in [0, 0.05) is 0 Å². The summed E-state index contributed by atoms with van der Waals surface area (Å²) in [7, 11) is 0. The third kappa shape index (κ3) is 6.24. The third-order valence-corrected chi connectivity index (χ3v) is 0.733. The lowest BCUT2D eigenvalue weighted by atomic mass is 10.5. The van der Waals surface area contributed by atoms with Gasteiger partial charge in [0.2, 0.25) is 0 Å². The van der Waals surface area contributed by atoms with Crippen LogP contribution in [0.2, 0.25) is 0 Å². The summed E-state index contributed by atoms with van der Waals surface area (Å²) in [6.45, 7) is 5.70. The molecule has 0 saturated heterocycles. The van der Waals surface area contributed by atoms with Crippen LogP contribution in [0.4, 0.5) is 0 Å². The van der Waals surface area contributed by atoms with Crippen molar-refractivity contribution < 1.29 is 4.74 Å². The van der Waals surface area contributed by atoms with Gasteiger partial charge in [-0.2, -0.15) is 25.3 Å². The summed E-state index contributed by atoms with van der Waals surface area (Å²) in [5.41, 5.74) is 0. The number of hydrogen-bond acceptors (Lipinski definition) is 3. The van der Waals surface area contributed by atoms with Gasteiger partial charge in [-0.25, -0.2) is 0 Å². The molecule has 0 fully saturated rings. The zero-order chi connectivity index (χ0) is 6.62. The van der Waals surface area contributed by atoms with Gasteiger partial charge in [0.05, 0.1) is 10.3 Å². The van der Waals surface area contributed by atoms with Crippen molar-refractivity contribution in [2.75, 3.05) is 6.61 Å². The Morgan fingerprint density at radius 2 is 2.25 bits per heavy atom. The largest absolute Gasteiger partial charge is 0.500 e. The first-order valence-electron chi connectivity index (χ1n) is 2.23. The molecule has 0 radical (unpaired) electrons. The Morgan fingerprint density at radius 1 is 1.75 bits per heavy atom.